The molecule has 5 aliphatic carbocycles. The minimum absolute atomic E-state index is 0. The monoisotopic (exact) mass is 634 g/mol. The third kappa shape index (κ3) is 2.61. The summed E-state index contributed by atoms with van der Waals surface area (Å²) in [4.78, 5) is 4.84. The Kier molecular flexibility index (Phi) is 4.44. The smallest absolute Gasteiger partial charge is 0.0271 e. The molecule has 0 atom stereocenters. The molecular formula is C34H28NW-. The zero-order valence-electron chi connectivity index (χ0n) is 20.3. The van der Waals surface area contributed by atoms with Crippen LogP contribution in [0.15, 0.2) is 84.9 Å². The van der Waals surface area contributed by atoms with Crippen LogP contribution in [-0.4, -0.2) is 0 Å². The van der Waals surface area contributed by atoms with Crippen LogP contribution < -0.4 is 4.98 Å². The quantitative estimate of drug-likeness (QED) is 0.181. The van der Waals surface area contributed by atoms with Gasteiger partial charge in [-0.3, -0.25) is 0 Å². The average molecular weight is 634 g/mol. The van der Waals surface area contributed by atoms with E-state index in [1.165, 1.54) is 65.1 Å². The van der Waals surface area contributed by atoms with E-state index in [4.69, 9.17) is 4.98 Å². The number of benzene rings is 4. The van der Waals surface area contributed by atoms with Crippen LogP contribution in [0.25, 0.3) is 44.1 Å². The summed E-state index contributed by atoms with van der Waals surface area (Å²) < 4.78 is 0. The third-order valence-corrected chi connectivity index (χ3v) is 10.3. The first-order valence-corrected chi connectivity index (χ1v) is 13.5. The molecule has 36 heavy (non-hydrogen) atoms. The normalized spacial score (nSPS) is 29.0. The second-order valence-corrected chi connectivity index (χ2v) is 11.8. The summed E-state index contributed by atoms with van der Waals surface area (Å²) in [5, 5.41) is 2.51. The van der Waals surface area contributed by atoms with E-state index in [0.29, 0.717) is 0 Å². The van der Waals surface area contributed by atoms with Gasteiger partial charge in [0.05, 0.1) is 0 Å². The molecule has 4 aromatic carbocycles. The number of rotatable bonds is 1. The molecule has 176 valence electrons. The van der Waals surface area contributed by atoms with Crippen LogP contribution in [0.2, 0.25) is 0 Å². The van der Waals surface area contributed by atoms with E-state index in [1.54, 1.807) is 11.1 Å². The summed E-state index contributed by atoms with van der Waals surface area (Å²) in [5.41, 5.74) is 11.3. The summed E-state index contributed by atoms with van der Waals surface area (Å²) in [6, 6.07) is 32.2. The van der Waals surface area contributed by atoms with Crippen molar-refractivity contribution in [1.82, 2.24) is 4.98 Å². The van der Waals surface area contributed by atoms with Crippen molar-refractivity contribution in [3.63, 3.8) is 0 Å². The van der Waals surface area contributed by atoms with E-state index in [1.807, 2.05) is 0 Å². The summed E-state index contributed by atoms with van der Waals surface area (Å²) in [6.45, 7) is 0. The van der Waals surface area contributed by atoms with Crippen LogP contribution in [0, 0.1) is 23.7 Å². The van der Waals surface area contributed by atoms with Crippen molar-refractivity contribution in [3.8, 4) is 22.3 Å². The molecule has 4 saturated carbocycles. The van der Waals surface area contributed by atoms with Gasteiger partial charge in [-0.25, -0.2) is 0 Å². The van der Waals surface area contributed by atoms with Crippen molar-refractivity contribution in [3.05, 3.63) is 96.1 Å². The topological polar surface area (TPSA) is 14.1 Å². The molecule has 2 heteroatoms. The second-order valence-electron chi connectivity index (χ2n) is 11.8. The maximum atomic E-state index is 4.84. The minimum Gasteiger partial charge on any atom is -0.657 e. The van der Waals surface area contributed by atoms with Crippen molar-refractivity contribution in [1.29, 1.82) is 0 Å². The molecule has 10 rings (SSSR count). The summed E-state index contributed by atoms with van der Waals surface area (Å²) >= 11 is 0. The number of hydrogen-bond donors (Lipinski definition) is 0. The van der Waals surface area contributed by atoms with Gasteiger partial charge in [0.2, 0.25) is 0 Å². The SMILES string of the molecule is [W].c1ccc2c(c1)-c1cc(-c3ccc4[n-]c5ccccc5c4c3)ccc1C21C2CC3CC(C2)CC1C3. The van der Waals surface area contributed by atoms with Gasteiger partial charge in [-0.1, -0.05) is 72.8 Å². The molecule has 0 saturated heterocycles. The molecule has 1 spiro atoms. The fraction of sp³-hybridized carbons (Fsp3) is 0.294. The Labute approximate surface area is 226 Å². The van der Waals surface area contributed by atoms with Gasteiger partial charge in [-0.2, -0.15) is 0 Å². The first-order chi connectivity index (χ1) is 17.3. The maximum absolute atomic E-state index is 4.84. The predicted molar refractivity (Wildman–Crippen MR) is 143 cm³/mol. The van der Waals surface area contributed by atoms with E-state index in [0.717, 1.165) is 34.7 Å². The number of aromatic nitrogens is 1. The first-order valence-electron chi connectivity index (χ1n) is 13.5. The van der Waals surface area contributed by atoms with Gasteiger partial charge in [0.25, 0.3) is 0 Å². The Morgan fingerprint density at radius 2 is 1.19 bits per heavy atom. The Bertz CT molecular complexity index is 1650. The standard InChI is InChI=1S/C34H28N.W/c1-3-7-30-26(5-1)28-18-22(23-10-12-33-29(19-23)27-6-2-4-8-32(27)35-33)9-11-31(28)34(30)24-14-20-13-21(16-24)17-25(34)15-20;/h1-12,18-21,24-25H,13-17H2;/q-1;. The van der Waals surface area contributed by atoms with E-state index in [-0.39, 0.29) is 26.5 Å². The van der Waals surface area contributed by atoms with Gasteiger partial charge in [-0.05, 0) is 112 Å². The van der Waals surface area contributed by atoms with Gasteiger partial charge >= 0.3 is 0 Å². The molecule has 4 fully saturated rings. The zero-order chi connectivity index (χ0) is 22.7. The van der Waals surface area contributed by atoms with Crippen molar-refractivity contribution in [2.24, 2.45) is 23.7 Å². The predicted octanol–water partition coefficient (Wildman–Crippen LogP) is 8.34. The molecule has 5 aliphatic rings. The molecule has 1 nitrogen and oxygen atoms in total. The number of hydrogen-bond acceptors (Lipinski definition) is 0. The van der Waals surface area contributed by atoms with Crippen LogP contribution >= 0.6 is 0 Å². The number of para-hydroxylation sites is 1. The summed E-state index contributed by atoms with van der Waals surface area (Å²) in [5.74, 6) is 3.62. The first kappa shape index (κ1) is 21.5. The fourth-order valence-corrected chi connectivity index (χ4v) is 9.30. The van der Waals surface area contributed by atoms with E-state index in [2.05, 4.69) is 84.9 Å². The fourth-order valence-electron chi connectivity index (χ4n) is 9.30. The molecule has 0 radical (unpaired) electrons. The maximum Gasteiger partial charge on any atom is 0.0271 e. The molecule has 0 N–H and O–H groups in total. The molecule has 0 amide bonds. The number of fused-ring (bicyclic) bond motifs is 6. The van der Waals surface area contributed by atoms with Gasteiger partial charge in [0, 0.05) is 26.5 Å². The second kappa shape index (κ2) is 7.45. The largest absolute Gasteiger partial charge is 0.657 e. The van der Waals surface area contributed by atoms with Gasteiger partial charge in [0.1, 0.15) is 0 Å². The van der Waals surface area contributed by atoms with Crippen molar-refractivity contribution < 1.29 is 21.1 Å². The van der Waals surface area contributed by atoms with Crippen LogP contribution in [-0.2, 0) is 26.5 Å². The Morgan fingerprint density at radius 3 is 2.03 bits per heavy atom. The molecule has 1 heterocycles. The van der Waals surface area contributed by atoms with Gasteiger partial charge in [0.15, 0.2) is 0 Å². The Hall–Kier alpha value is -2.63. The summed E-state index contributed by atoms with van der Waals surface area (Å²) in [7, 11) is 0. The van der Waals surface area contributed by atoms with Gasteiger partial charge < -0.3 is 4.98 Å². The zero-order valence-corrected chi connectivity index (χ0v) is 23.2. The Balaban J connectivity index is 0.00000205. The molecule has 4 bridgehead atoms. The minimum atomic E-state index is 0. The van der Waals surface area contributed by atoms with Crippen LogP contribution in [0.3, 0.4) is 0 Å². The van der Waals surface area contributed by atoms with E-state index < -0.39 is 0 Å². The average Bonchev–Trinajstić information content (AvgIpc) is 3.40. The van der Waals surface area contributed by atoms with Crippen LogP contribution in [0.4, 0.5) is 0 Å². The van der Waals surface area contributed by atoms with Gasteiger partial charge in [-0.15, -0.1) is 11.0 Å². The molecule has 0 aliphatic heterocycles. The molecular weight excluding hydrogens is 606 g/mol. The summed E-state index contributed by atoms with van der Waals surface area (Å²) in [6.07, 6.45) is 7.27. The van der Waals surface area contributed by atoms with Crippen molar-refractivity contribution in [2.75, 3.05) is 0 Å². The molecule has 1 aromatic heterocycles. The third-order valence-electron chi connectivity index (χ3n) is 10.3. The van der Waals surface area contributed by atoms with Crippen LogP contribution in [0.5, 0.6) is 0 Å². The van der Waals surface area contributed by atoms with E-state index >= 15 is 0 Å². The van der Waals surface area contributed by atoms with Crippen molar-refractivity contribution >= 4 is 21.8 Å². The molecule has 0 unspecified atom stereocenters. The molecule has 5 aromatic rings. The van der Waals surface area contributed by atoms with Crippen molar-refractivity contribution in [2.45, 2.75) is 37.5 Å². The Morgan fingerprint density at radius 1 is 0.556 bits per heavy atom. The van der Waals surface area contributed by atoms with E-state index in [9.17, 15) is 0 Å². The number of nitrogens with zero attached hydrogens (tertiary/aromatic N) is 1. The van der Waals surface area contributed by atoms with Crippen LogP contribution in [0.1, 0.15) is 43.2 Å².